The second kappa shape index (κ2) is 7.59. The molecule has 1 unspecified atom stereocenters. The van der Waals surface area contributed by atoms with Crippen molar-refractivity contribution in [3.05, 3.63) is 29.6 Å². The number of carbonyl (C=O) groups excluding carboxylic acids is 1. The average molecular weight is 302 g/mol. The van der Waals surface area contributed by atoms with Gasteiger partial charge in [-0.05, 0) is 24.6 Å². The molecule has 0 radical (unpaired) electrons. The Hall–Kier alpha value is -1.96. The van der Waals surface area contributed by atoms with E-state index in [2.05, 4.69) is 10.6 Å². The second-order valence-corrected chi connectivity index (χ2v) is 5.56. The number of rotatable bonds is 6. The number of benzene rings is 1. The van der Waals surface area contributed by atoms with Gasteiger partial charge in [0.1, 0.15) is 5.82 Å². The molecular weight excluding hydrogens is 287 g/mol. The zero-order valence-corrected chi connectivity index (χ0v) is 11.6. The van der Waals surface area contributed by atoms with Crippen molar-refractivity contribution in [2.45, 2.75) is 6.42 Å². The maximum absolute atomic E-state index is 12.9. The Balaban J connectivity index is 2.57. The molecule has 0 fully saturated rings. The number of carboxylic acid groups (broad SMARTS) is 1. The number of nitrogens with one attached hydrogen (secondary N) is 2. The molecule has 1 aromatic rings. The van der Waals surface area contributed by atoms with Crippen LogP contribution < -0.4 is 10.6 Å². The highest BCUT2D eigenvalue weighted by Crippen LogP contribution is 2.16. The molecular formula is C12H15FN2O4S. The van der Waals surface area contributed by atoms with Crippen molar-refractivity contribution in [1.82, 2.24) is 5.32 Å². The number of amides is 2. The third-order valence-electron chi connectivity index (χ3n) is 2.35. The monoisotopic (exact) mass is 302 g/mol. The third kappa shape index (κ3) is 5.35. The van der Waals surface area contributed by atoms with Crippen molar-refractivity contribution in [2.75, 3.05) is 23.9 Å². The summed E-state index contributed by atoms with van der Waals surface area (Å²) < 4.78 is 23.8. The Kier molecular flexibility index (Phi) is 6.10. The maximum atomic E-state index is 12.9. The number of urea groups is 1. The molecule has 0 saturated carbocycles. The van der Waals surface area contributed by atoms with Crippen LogP contribution in [0.2, 0.25) is 0 Å². The zero-order chi connectivity index (χ0) is 15.1. The minimum atomic E-state index is -1.33. The van der Waals surface area contributed by atoms with Gasteiger partial charge in [-0.2, -0.15) is 0 Å². The molecule has 2 amide bonds. The third-order valence-corrected chi connectivity index (χ3v) is 3.22. The van der Waals surface area contributed by atoms with E-state index in [4.69, 9.17) is 5.11 Å². The summed E-state index contributed by atoms with van der Waals surface area (Å²) in [5.41, 5.74) is -0.315. The van der Waals surface area contributed by atoms with Gasteiger partial charge in [0.15, 0.2) is 0 Å². The van der Waals surface area contributed by atoms with Gasteiger partial charge in [-0.1, -0.05) is 0 Å². The van der Waals surface area contributed by atoms with Crippen LogP contribution in [-0.2, 0) is 10.8 Å². The molecule has 3 N–H and O–H groups in total. The second-order valence-electron chi connectivity index (χ2n) is 4.01. The molecule has 8 heteroatoms. The molecule has 0 bridgehead atoms. The highest BCUT2D eigenvalue weighted by Gasteiger charge is 2.13. The molecule has 0 aliphatic carbocycles. The Morgan fingerprint density at radius 2 is 2.10 bits per heavy atom. The van der Waals surface area contributed by atoms with Crippen molar-refractivity contribution in [3.8, 4) is 0 Å². The molecule has 0 heterocycles. The molecule has 0 aliphatic rings. The maximum Gasteiger partial charge on any atom is 0.337 e. The Labute approximate surface area is 117 Å². The van der Waals surface area contributed by atoms with E-state index in [1.807, 2.05) is 0 Å². The molecule has 1 aromatic carbocycles. The summed E-state index contributed by atoms with van der Waals surface area (Å²) in [7, 11) is -0.922. The summed E-state index contributed by atoms with van der Waals surface area (Å²) in [4.78, 5) is 22.5. The number of carboxylic acids is 1. The number of aromatic carboxylic acids is 1. The van der Waals surface area contributed by atoms with Crippen LogP contribution in [-0.4, -0.2) is 39.9 Å². The Morgan fingerprint density at radius 3 is 2.70 bits per heavy atom. The molecule has 6 nitrogen and oxygen atoms in total. The lowest BCUT2D eigenvalue weighted by Gasteiger charge is -2.09. The van der Waals surface area contributed by atoms with Gasteiger partial charge in [0.25, 0.3) is 0 Å². The number of hydrogen-bond acceptors (Lipinski definition) is 3. The van der Waals surface area contributed by atoms with Crippen LogP contribution >= 0.6 is 0 Å². The van der Waals surface area contributed by atoms with Gasteiger partial charge in [-0.15, -0.1) is 0 Å². The first-order valence-corrected chi connectivity index (χ1v) is 7.50. The van der Waals surface area contributed by atoms with Crippen LogP contribution in [0.25, 0.3) is 0 Å². The van der Waals surface area contributed by atoms with Crippen LogP contribution in [0.15, 0.2) is 18.2 Å². The standard InChI is InChI=1S/C12H15FN2O4S/c1-20(19)6-2-5-14-12(18)15-10-4-3-8(13)7-9(10)11(16)17/h3-4,7H,2,5-6H2,1H3,(H,16,17)(H2,14,15,18). The first kappa shape index (κ1) is 16.1. The number of halogens is 1. The van der Waals surface area contributed by atoms with Crippen molar-refractivity contribution < 1.29 is 23.3 Å². The molecule has 0 aromatic heterocycles. The lowest BCUT2D eigenvalue weighted by Crippen LogP contribution is -2.30. The van der Waals surface area contributed by atoms with Crippen molar-refractivity contribution in [2.24, 2.45) is 0 Å². The van der Waals surface area contributed by atoms with Gasteiger partial charge in [0.2, 0.25) is 0 Å². The van der Waals surface area contributed by atoms with Gasteiger partial charge in [0.05, 0.1) is 11.3 Å². The quantitative estimate of drug-likeness (QED) is 0.692. The normalized spacial score (nSPS) is 11.7. The molecule has 110 valence electrons. The molecule has 0 saturated heterocycles. The van der Waals surface area contributed by atoms with E-state index in [9.17, 15) is 18.2 Å². The van der Waals surface area contributed by atoms with Crippen molar-refractivity contribution in [3.63, 3.8) is 0 Å². The first-order valence-electron chi connectivity index (χ1n) is 5.78. The summed E-state index contributed by atoms with van der Waals surface area (Å²) in [6, 6.07) is 2.47. The molecule has 1 rings (SSSR count). The zero-order valence-electron chi connectivity index (χ0n) is 10.8. The summed E-state index contributed by atoms with van der Waals surface area (Å²) in [6.07, 6.45) is 2.11. The minimum Gasteiger partial charge on any atom is -0.478 e. The van der Waals surface area contributed by atoms with E-state index in [1.54, 1.807) is 6.26 Å². The fourth-order valence-corrected chi connectivity index (χ4v) is 2.00. The number of anilines is 1. The largest absolute Gasteiger partial charge is 0.478 e. The van der Waals surface area contributed by atoms with Crippen LogP contribution in [0.5, 0.6) is 0 Å². The summed E-state index contributed by atoms with van der Waals surface area (Å²) in [5, 5.41) is 13.7. The average Bonchev–Trinajstić information content (AvgIpc) is 2.36. The van der Waals surface area contributed by atoms with Crippen LogP contribution in [0.3, 0.4) is 0 Å². The highest BCUT2D eigenvalue weighted by atomic mass is 32.2. The van der Waals surface area contributed by atoms with Gasteiger partial charge in [-0.3, -0.25) is 4.21 Å². The van der Waals surface area contributed by atoms with E-state index in [0.29, 0.717) is 18.7 Å². The molecule has 0 spiro atoms. The summed E-state index contributed by atoms with van der Waals surface area (Å²) in [6.45, 7) is 0.314. The van der Waals surface area contributed by atoms with E-state index in [1.165, 1.54) is 6.07 Å². The lowest BCUT2D eigenvalue weighted by molar-refractivity contribution is 0.0697. The highest BCUT2D eigenvalue weighted by molar-refractivity contribution is 7.84. The van der Waals surface area contributed by atoms with Crippen LogP contribution in [0, 0.1) is 5.82 Å². The predicted octanol–water partition coefficient (Wildman–Crippen LogP) is 1.41. The predicted molar refractivity (Wildman–Crippen MR) is 73.9 cm³/mol. The molecule has 0 aliphatic heterocycles. The van der Waals surface area contributed by atoms with Gasteiger partial charge < -0.3 is 15.7 Å². The first-order chi connectivity index (χ1) is 9.40. The number of carbonyl (C=O) groups is 2. The Morgan fingerprint density at radius 1 is 1.40 bits per heavy atom. The van der Waals surface area contributed by atoms with Gasteiger partial charge >= 0.3 is 12.0 Å². The van der Waals surface area contributed by atoms with Gasteiger partial charge in [0, 0.05) is 29.4 Å². The smallest absolute Gasteiger partial charge is 0.337 e. The molecule has 20 heavy (non-hydrogen) atoms. The molecule has 1 atom stereocenters. The van der Waals surface area contributed by atoms with E-state index in [-0.39, 0.29) is 11.3 Å². The van der Waals surface area contributed by atoms with E-state index in [0.717, 1.165) is 12.1 Å². The fraction of sp³-hybridized carbons (Fsp3) is 0.333. The number of hydrogen-bond donors (Lipinski definition) is 3. The Bertz CT molecular complexity index is 536. The SMILES string of the molecule is CS(=O)CCCNC(=O)Nc1ccc(F)cc1C(=O)O. The lowest BCUT2D eigenvalue weighted by atomic mass is 10.2. The van der Waals surface area contributed by atoms with Crippen LogP contribution in [0.4, 0.5) is 14.9 Å². The van der Waals surface area contributed by atoms with E-state index >= 15 is 0 Å². The van der Waals surface area contributed by atoms with Crippen molar-refractivity contribution in [1.29, 1.82) is 0 Å². The topological polar surface area (TPSA) is 95.5 Å². The van der Waals surface area contributed by atoms with E-state index < -0.39 is 28.6 Å². The summed E-state index contributed by atoms with van der Waals surface area (Å²) in [5.74, 6) is -1.56. The minimum absolute atomic E-state index is 0.00969. The summed E-state index contributed by atoms with van der Waals surface area (Å²) >= 11 is 0. The fourth-order valence-electron chi connectivity index (χ4n) is 1.45. The van der Waals surface area contributed by atoms with Gasteiger partial charge in [-0.25, -0.2) is 14.0 Å². The van der Waals surface area contributed by atoms with Crippen LogP contribution in [0.1, 0.15) is 16.8 Å². The van der Waals surface area contributed by atoms with Crippen molar-refractivity contribution >= 4 is 28.5 Å².